The predicted molar refractivity (Wildman–Crippen MR) is 109 cm³/mol. The van der Waals surface area contributed by atoms with Gasteiger partial charge in [0, 0.05) is 24.7 Å². The lowest BCUT2D eigenvalue weighted by atomic mass is 10.1. The van der Waals surface area contributed by atoms with E-state index in [1.165, 1.54) is 0 Å². The minimum absolute atomic E-state index is 0.0274. The standard InChI is InChI=1S/C22H22N4O/c1-5-26(19-12-8-10-16-9-6-7-11-17(16)19)22(27)18-13-14(2)23-21-20(18)15(3)24-25(21)4/h6-13H,5H2,1-4H3. The highest BCUT2D eigenvalue weighted by atomic mass is 16.2. The summed E-state index contributed by atoms with van der Waals surface area (Å²) in [6.07, 6.45) is 0. The van der Waals surface area contributed by atoms with E-state index in [4.69, 9.17) is 0 Å². The van der Waals surface area contributed by atoms with Gasteiger partial charge in [-0.25, -0.2) is 4.98 Å². The van der Waals surface area contributed by atoms with Crippen molar-refractivity contribution < 1.29 is 4.79 Å². The minimum atomic E-state index is -0.0274. The Morgan fingerprint density at radius 2 is 1.85 bits per heavy atom. The van der Waals surface area contributed by atoms with Crippen molar-refractivity contribution in [2.24, 2.45) is 7.05 Å². The molecule has 0 saturated carbocycles. The van der Waals surface area contributed by atoms with E-state index in [-0.39, 0.29) is 5.91 Å². The van der Waals surface area contributed by atoms with E-state index in [9.17, 15) is 4.79 Å². The second kappa shape index (κ2) is 6.50. The first kappa shape index (κ1) is 17.2. The summed E-state index contributed by atoms with van der Waals surface area (Å²) in [7, 11) is 1.86. The summed E-state index contributed by atoms with van der Waals surface area (Å²) in [5, 5.41) is 7.48. The number of fused-ring (bicyclic) bond motifs is 2. The first-order chi connectivity index (χ1) is 13.0. The number of aromatic nitrogens is 3. The fraction of sp³-hybridized carbons (Fsp3) is 0.227. The summed E-state index contributed by atoms with van der Waals surface area (Å²) in [5.41, 5.74) is 3.94. The zero-order valence-corrected chi connectivity index (χ0v) is 16.0. The van der Waals surface area contributed by atoms with Crippen LogP contribution in [0.5, 0.6) is 0 Å². The normalized spacial score (nSPS) is 11.3. The van der Waals surface area contributed by atoms with Gasteiger partial charge in [-0.15, -0.1) is 0 Å². The van der Waals surface area contributed by atoms with Gasteiger partial charge in [0.1, 0.15) is 0 Å². The van der Waals surface area contributed by atoms with Gasteiger partial charge in [0.05, 0.1) is 22.3 Å². The monoisotopic (exact) mass is 358 g/mol. The largest absolute Gasteiger partial charge is 0.308 e. The Morgan fingerprint density at radius 3 is 2.63 bits per heavy atom. The Hall–Kier alpha value is -3.21. The molecule has 0 fully saturated rings. The Balaban J connectivity index is 1.92. The highest BCUT2D eigenvalue weighted by Crippen LogP contribution is 2.30. The lowest BCUT2D eigenvalue weighted by molar-refractivity contribution is 0.0990. The molecule has 5 heteroatoms. The van der Waals surface area contributed by atoms with Gasteiger partial charge in [-0.1, -0.05) is 36.4 Å². The molecule has 0 radical (unpaired) electrons. The zero-order chi connectivity index (χ0) is 19.1. The molecule has 0 bridgehead atoms. The van der Waals surface area contributed by atoms with Gasteiger partial charge < -0.3 is 4.90 Å². The highest BCUT2D eigenvalue weighted by molar-refractivity contribution is 6.16. The smallest absolute Gasteiger partial charge is 0.259 e. The molecule has 0 N–H and O–H groups in total. The molecule has 5 nitrogen and oxygen atoms in total. The fourth-order valence-electron chi connectivity index (χ4n) is 3.75. The summed E-state index contributed by atoms with van der Waals surface area (Å²) in [5.74, 6) is -0.0274. The van der Waals surface area contributed by atoms with Crippen molar-refractivity contribution >= 4 is 33.4 Å². The van der Waals surface area contributed by atoms with E-state index in [2.05, 4.69) is 28.3 Å². The van der Waals surface area contributed by atoms with Crippen LogP contribution in [0.3, 0.4) is 0 Å². The van der Waals surface area contributed by atoms with E-state index in [1.807, 2.05) is 63.1 Å². The summed E-state index contributed by atoms with van der Waals surface area (Å²) < 4.78 is 1.74. The Kier molecular flexibility index (Phi) is 4.15. The SMILES string of the molecule is CCN(C(=O)c1cc(C)nc2c1c(C)nn2C)c1cccc2ccccc12. The molecule has 27 heavy (non-hydrogen) atoms. The number of hydrogen-bond acceptors (Lipinski definition) is 3. The van der Waals surface area contributed by atoms with Crippen molar-refractivity contribution in [3.05, 3.63) is 65.5 Å². The number of pyridine rings is 1. The third-order valence-electron chi connectivity index (χ3n) is 4.95. The molecule has 2 aromatic heterocycles. The molecule has 2 heterocycles. The van der Waals surface area contributed by atoms with E-state index < -0.39 is 0 Å². The maximum absolute atomic E-state index is 13.6. The van der Waals surface area contributed by atoms with E-state index in [1.54, 1.807) is 4.68 Å². The van der Waals surface area contributed by atoms with Crippen molar-refractivity contribution in [3.63, 3.8) is 0 Å². The van der Waals surface area contributed by atoms with Gasteiger partial charge in [0.15, 0.2) is 5.65 Å². The summed E-state index contributed by atoms with van der Waals surface area (Å²) in [6.45, 7) is 6.41. The summed E-state index contributed by atoms with van der Waals surface area (Å²) in [4.78, 5) is 20.0. The molecule has 0 aliphatic rings. The van der Waals surface area contributed by atoms with Gasteiger partial charge in [-0.3, -0.25) is 9.48 Å². The maximum Gasteiger partial charge on any atom is 0.259 e. The van der Waals surface area contributed by atoms with Crippen LogP contribution in [0.25, 0.3) is 21.8 Å². The molecule has 2 aromatic carbocycles. The fourth-order valence-corrected chi connectivity index (χ4v) is 3.75. The Morgan fingerprint density at radius 1 is 1.11 bits per heavy atom. The van der Waals surface area contributed by atoms with Crippen LogP contribution in [0.1, 0.15) is 28.7 Å². The van der Waals surface area contributed by atoms with Crippen molar-refractivity contribution in [2.45, 2.75) is 20.8 Å². The number of benzene rings is 2. The van der Waals surface area contributed by atoms with Crippen molar-refractivity contribution in [2.75, 3.05) is 11.4 Å². The maximum atomic E-state index is 13.6. The third kappa shape index (κ3) is 2.76. The zero-order valence-electron chi connectivity index (χ0n) is 16.0. The quantitative estimate of drug-likeness (QED) is 0.545. The highest BCUT2D eigenvalue weighted by Gasteiger charge is 2.23. The molecule has 0 aliphatic heterocycles. The third-order valence-corrected chi connectivity index (χ3v) is 4.95. The molecular weight excluding hydrogens is 336 g/mol. The topological polar surface area (TPSA) is 51.0 Å². The van der Waals surface area contributed by atoms with Gasteiger partial charge in [-0.05, 0) is 38.3 Å². The van der Waals surface area contributed by atoms with Crippen LogP contribution in [0.15, 0.2) is 48.5 Å². The predicted octanol–water partition coefficient (Wildman–Crippen LogP) is 4.41. The second-order valence-corrected chi connectivity index (χ2v) is 6.77. The van der Waals surface area contributed by atoms with Crippen LogP contribution >= 0.6 is 0 Å². The number of amides is 1. The number of anilines is 1. The average Bonchev–Trinajstić information content (AvgIpc) is 2.95. The van der Waals surface area contributed by atoms with Gasteiger partial charge in [0.2, 0.25) is 0 Å². The van der Waals surface area contributed by atoms with Crippen molar-refractivity contribution in [1.82, 2.24) is 14.8 Å². The number of carbonyl (C=O) groups excluding carboxylic acids is 1. The first-order valence-corrected chi connectivity index (χ1v) is 9.12. The number of aryl methyl sites for hydroxylation is 3. The Bertz CT molecular complexity index is 1170. The van der Waals surface area contributed by atoms with E-state index in [0.29, 0.717) is 12.1 Å². The number of rotatable bonds is 3. The minimum Gasteiger partial charge on any atom is -0.308 e. The molecule has 0 atom stereocenters. The van der Waals surface area contributed by atoms with Crippen LogP contribution in [-0.4, -0.2) is 27.2 Å². The molecule has 0 unspecified atom stereocenters. The van der Waals surface area contributed by atoms with Crippen molar-refractivity contribution in [1.29, 1.82) is 0 Å². The van der Waals surface area contributed by atoms with Gasteiger partial charge >= 0.3 is 0 Å². The van der Waals surface area contributed by atoms with Crippen LogP contribution in [0, 0.1) is 13.8 Å². The molecule has 1 amide bonds. The van der Waals surface area contributed by atoms with Crippen molar-refractivity contribution in [3.8, 4) is 0 Å². The van der Waals surface area contributed by atoms with E-state index >= 15 is 0 Å². The number of nitrogens with zero attached hydrogens (tertiary/aromatic N) is 4. The van der Waals surface area contributed by atoms with Crippen LogP contribution < -0.4 is 4.90 Å². The molecule has 0 aliphatic carbocycles. The number of hydrogen-bond donors (Lipinski definition) is 0. The lowest BCUT2D eigenvalue weighted by Crippen LogP contribution is -2.31. The molecule has 4 aromatic rings. The summed E-state index contributed by atoms with van der Waals surface area (Å²) in [6, 6.07) is 16.1. The van der Waals surface area contributed by atoms with Crippen LogP contribution in [-0.2, 0) is 7.05 Å². The second-order valence-electron chi connectivity index (χ2n) is 6.77. The average molecular weight is 358 g/mol. The van der Waals surface area contributed by atoms with Gasteiger partial charge in [-0.2, -0.15) is 5.10 Å². The number of carbonyl (C=O) groups is 1. The van der Waals surface area contributed by atoms with Crippen LogP contribution in [0.2, 0.25) is 0 Å². The summed E-state index contributed by atoms with van der Waals surface area (Å²) >= 11 is 0. The molecule has 0 saturated heterocycles. The molecule has 136 valence electrons. The lowest BCUT2D eigenvalue weighted by Gasteiger charge is -2.23. The Labute approximate surface area is 158 Å². The van der Waals surface area contributed by atoms with Gasteiger partial charge in [0.25, 0.3) is 5.91 Å². The van der Waals surface area contributed by atoms with Crippen LogP contribution in [0.4, 0.5) is 5.69 Å². The van der Waals surface area contributed by atoms with E-state index in [0.717, 1.165) is 38.9 Å². The first-order valence-electron chi connectivity index (χ1n) is 9.12. The molecule has 4 rings (SSSR count). The molecule has 0 spiro atoms. The molecular formula is C22H22N4O.